The number of carbonyl (C=O) groups is 6. The minimum atomic E-state index is -0.227. The summed E-state index contributed by atoms with van der Waals surface area (Å²) in [5.41, 5.74) is 2.36. The lowest BCUT2D eigenvalue weighted by Crippen LogP contribution is -2.40. The standard InChI is InChI=1S/C42H41NO6.C36H31NO4.C6H10O2/c44-26-11-6-9-18-37(45)48-27-12-4-2-1-3-10-25-43-41(46)34-21-19-31-29-16-13-17-33-36(49-28-14-7-5-8-15-28)24-23-30(38(29)33)32-20-22-35(42(43)47)40(34)39(31)32;38-22-9-4-2-1-3-8-21-37-35(39)29-17-15-26-24-13-10-14-28-31(41-23-11-6-5-7-12-23)20-19-25(32(24)28)27-16-18-30(36(37)40)34(29)33(26)27;7-6-4-2-1-3-5-8-6/h5,7-8,13-17,19-24,44H,1-4,6,9-12,18,25-27H2;5-7,10-20,38H,1-4,8-9,21-22H2;1-5H2. The van der Waals surface area contributed by atoms with Gasteiger partial charge in [0.2, 0.25) is 0 Å². The number of imide groups is 2. The maximum atomic E-state index is 13.8. The van der Waals surface area contributed by atoms with E-state index in [-0.39, 0.29) is 48.8 Å². The van der Waals surface area contributed by atoms with E-state index in [9.17, 15) is 28.8 Å². The number of esters is 2. The number of para-hydroxylation sites is 2. The summed E-state index contributed by atoms with van der Waals surface area (Å²) in [5.74, 6) is 2.07. The highest BCUT2D eigenvalue weighted by molar-refractivity contribution is 6.40. The van der Waals surface area contributed by atoms with Crippen molar-refractivity contribution in [1.29, 1.82) is 0 Å². The van der Waals surface area contributed by atoms with Crippen molar-refractivity contribution in [3.05, 3.63) is 192 Å². The zero-order chi connectivity index (χ0) is 67.5. The number of ether oxygens (including phenoxy) is 4. The Morgan fingerprint density at radius 1 is 0.357 bits per heavy atom. The molecule has 98 heavy (non-hydrogen) atoms. The van der Waals surface area contributed by atoms with Crippen molar-refractivity contribution in [3.8, 4) is 23.0 Å². The van der Waals surface area contributed by atoms with E-state index in [1.165, 1.54) is 9.80 Å². The van der Waals surface area contributed by atoms with Gasteiger partial charge in [-0.1, -0.05) is 155 Å². The Labute approximate surface area is 569 Å². The molecule has 0 aromatic heterocycles. The molecular weight excluding hydrogens is 1230 g/mol. The van der Waals surface area contributed by atoms with Crippen molar-refractivity contribution < 1.29 is 57.9 Å². The number of cyclic esters (lactones) is 1. The molecule has 2 N–H and O–H groups in total. The van der Waals surface area contributed by atoms with Crippen LogP contribution in [0, 0.1) is 0 Å². The van der Waals surface area contributed by atoms with Crippen LogP contribution in [0.3, 0.4) is 0 Å². The van der Waals surface area contributed by atoms with E-state index in [2.05, 4.69) is 36.4 Å². The molecule has 0 atom stereocenters. The molecule has 500 valence electrons. The van der Waals surface area contributed by atoms with Crippen LogP contribution in [0.4, 0.5) is 0 Å². The zero-order valence-electron chi connectivity index (χ0n) is 55.4. The van der Waals surface area contributed by atoms with E-state index < -0.39 is 0 Å². The van der Waals surface area contributed by atoms with Gasteiger partial charge in [0.25, 0.3) is 23.6 Å². The van der Waals surface area contributed by atoms with E-state index in [4.69, 9.17) is 29.2 Å². The molecule has 3 aliphatic heterocycles. The third kappa shape index (κ3) is 13.8. The van der Waals surface area contributed by atoms with E-state index in [0.717, 1.165) is 225 Å². The van der Waals surface area contributed by atoms with Crippen LogP contribution in [0.25, 0.3) is 86.2 Å². The number of aliphatic hydroxyl groups is 2. The Bertz CT molecular complexity index is 4740. The van der Waals surface area contributed by atoms with Gasteiger partial charge in [-0.2, -0.15) is 0 Å². The molecule has 3 heterocycles. The average Bonchev–Trinajstić information content (AvgIpc) is 0.725. The van der Waals surface area contributed by atoms with Crippen molar-refractivity contribution in [2.24, 2.45) is 0 Å². The molecule has 0 bridgehead atoms. The number of unbranched alkanes of at least 4 members (excludes halogenated alkanes) is 12. The second kappa shape index (κ2) is 31.0. The van der Waals surface area contributed by atoms with Gasteiger partial charge in [-0.25, -0.2) is 0 Å². The van der Waals surface area contributed by atoms with Crippen LogP contribution in [-0.2, 0) is 19.1 Å². The van der Waals surface area contributed by atoms with Gasteiger partial charge in [0.05, 0.1) is 13.2 Å². The van der Waals surface area contributed by atoms with Crippen LogP contribution in [0.1, 0.15) is 170 Å². The molecule has 1 fully saturated rings. The third-order valence-electron chi connectivity index (χ3n) is 19.5. The lowest BCUT2D eigenvalue weighted by atomic mass is 9.84. The first-order valence-electron chi connectivity index (χ1n) is 35.2. The Hall–Kier alpha value is -10.0. The van der Waals surface area contributed by atoms with Gasteiger partial charge >= 0.3 is 11.9 Å². The number of hydrogen-bond donors (Lipinski definition) is 2. The lowest BCUT2D eigenvalue weighted by Gasteiger charge is -2.28. The summed E-state index contributed by atoms with van der Waals surface area (Å²) < 4.78 is 22.7. The number of carbonyl (C=O) groups excluding carboxylic acids is 6. The van der Waals surface area contributed by atoms with Gasteiger partial charge in [0.1, 0.15) is 23.0 Å². The Morgan fingerprint density at radius 3 is 1.18 bits per heavy atom. The molecule has 14 heteroatoms. The highest BCUT2D eigenvalue weighted by Crippen LogP contribution is 2.48. The van der Waals surface area contributed by atoms with E-state index in [1.807, 2.05) is 133 Å². The molecule has 12 aromatic carbocycles. The monoisotopic (exact) mass is 1310 g/mol. The maximum absolute atomic E-state index is 13.8. The predicted molar refractivity (Wildman–Crippen MR) is 387 cm³/mol. The minimum Gasteiger partial charge on any atom is -0.466 e. The summed E-state index contributed by atoms with van der Waals surface area (Å²) in [6, 6.07) is 56.0. The number of hydrogen-bond acceptors (Lipinski definition) is 12. The molecule has 14 nitrogen and oxygen atoms in total. The van der Waals surface area contributed by atoms with Crippen LogP contribution in [0.5, 0.6) is 23.0 Å². The van der Waals surface area contributed by atoms with E-state index in [1.54, 1.807) is 0 Å². The Kier molecular flexibility index (Phi) is 21.1. The van der Waals surface area contributed by atoms with Crippen molar-refractivity contribution in [3.63, 3.8) is 0 Å². The quantitative estimate of drug-likeness (QED) is 0.0172. The summed E-state index contributed by atoms with van der Waals surface area (Å²) in [4.78, 5) is 80.1. The number of aliphatic hydroxyl groups excluding tert-OH is 2. The van der Waals surface area contributed by atoms with Gasteiger partial charge in [-0.05, 0) is 184 Å². The SMILES string of the molecule is O=C(CCCCCO)OCCCCCCCCN1C(=O)c2ccc3c4cccc5c(Oc6ccccc6)ccc(c6ccc(c2c36)C1=O)c54.O=C1CCCCCO1.O=C1c2ccc3c4cccc5c(Oc6ccccc6)ccc(c6ccc(c2c36)C(=O)N1CCCCCCCCO)c54. The molecule has 12 aromatic rings. The van der Waals surface area contributed by atoms with Crippen LogP contribution >= 0.6 is 0 Å². The molecule has 0 unspecified atom stereocenters. The molecule has 0 saturated carbocycles. The normalized spacial score (nSPS) is 13.8. The van der Waals surface area contributed by atoms with Gasteiger partial charge in [-0.15, -0.1) is 0 Å². The molecule has 1 saturated heterocycles. The number of amides is 4. The summed E-state index contributed by atoms with van der Waals surface area (Å²) in [7, 11) is 0. The number of fused-ring (bicyclic) bond motifs is 4. The molecule has 4 amide bonds. The zero-order valence-corrected chi connectivity index (χ0v) is 55.4. The van der Waals surface area contributed by atoms with Crippen molar-refractivity contribution in [2.45, 2.75) is 128 Å². The van der Waals surface area contributed by atoms with Crippen LogP contribution in [-0.4, -0.2) is 95.1 Å². The first-order chi connectivity index (χ1) is 48.1. The number of nitrogens with zero attached hydrogens (tertiary/aromatic N) is 2. The average molecular weight is 1310 g/mol. The molecular formula is C84H82N2O12. The van der Waals surface area contributed by atoms with Crippen molar-refractivity contribution in [2.75, 3.05) is 39.5 Å². The molecule has 0 aliphatic carbocycles. The number of rotatable bonds is 26. The minimum absolute atomic E-state index is 0.0255. The Balaban J connectivity index is 0.000000160. The highest BCUT2D eigenvalue weighted by Gasteiger charge is 2.36. The fourth-order valence-electron chi connectivity index (χ4n) is 14.6. The first-order valence-corrected chi connectivity index (χ1v) is 35.2. The maximum Gasteiger partial charge on any atom is 0.305 e. The molecule has 0 radical (unpaired) electrons. The van der Waals surface area contributed by atoms with Crippen LogP contribution in [0.15, 0.2) is 170 Å². The van der Waals surface area contributed by atoms with E-state index >= 15 is 0 Å². The van der Waals surface area contributed by atoms with Crippen molar-refractivity contribution in [1.82, 2.24) is 9.80 Å². The van der Waals surface area contributed by atoms with Crippen molar-refractivity contribution >= 4 is 122 Å². The summed E-state index contributed by atoms with van der Waals surface area (Å²) in [5, 5.41) is 33.9. The van der Waals surface area contributed by atoms with Gasteiger partial charge in [0, 0.05) is 93.7 Å². The van der Waals surface area contributed by atoms with Gasteiger partial charge in [0.15, 0.2) is 0 Å². The van der Waals surface area contributed by atoms with E-state index in [0.29, 0.717) is 61.4 Å². The summed E-state index contributed by atoms with van der Waals surface area (Å²) in [6.07, 6.45) is 17.7. The van der Waals surface area contributed by atoms with Crippen LogP contribution in [0.2, 0.25) is 0 Å². The smallest absolute Gasteiger partial charge is 0.305 e. The highest BCUT2D eigenvalue weighted by atomic mass is 16.5. The van der Waals surface area contributed by atoms with Gasteiger partial charge < -0.3 is 29.2 Å². The van der Waals surface area contributed by atoms with Gasteiger partial charge in [-0.3, -0.25) is 38.6 Å². The predicted octanol–water partition coefficient (Wildman–Crippen LogP) is 19.1. The lowest BCUT2D eigenvalue weighted by molar-refractivity contribution is -0.144. The fourth-order valence-corrected chi connectivity index (χ4v) is 14.6. The topological polar surface area (TPSA) is 186 Å². The molecule has 15 rings (SSSR count). The number of benzene rings is 12. The fraction of sp³-hybridized carbons (Fsp3) is 0.310. The summed E-state index contributed by atoms with van der Waals surface area (Å²) in [6.45, 7) is 2.28. The largest absolute Gasteiger partial charge is 0.466 e. The second-order valence-corrected chi connectivity index (χ2v) is 25.9. The third-order valence-corrected chi connectivity index (χ3v) is 19.5. The first kappa shape index (κ1) is 66.6. The molecule has 3 aliphatic rings. The van der Waals surface area contributed by atoms with Crippen LogP contribution < -0.4 is 9.47 Å². The Morgan fingerprint density at radius 2 is 0.735 bits per heavy atom. The molecule has 0 spiro atoms. The second-order valence-electron chi connectivity index (χ2n) is 25.9. The summed E-state index contributed by atoms with van der Waals surface area (Å²) >= 11 is 0.